The molecule has 38 heavy (non-hydrogen) atoms. The maximum Gasteiger partial charge on any atom is 0.230 e. The van der Waals surface area contributed by atoms with Crippen LogP contribution in [-0.2, 0) is 24.5 Å². The summed E-state index contributed by atoms with van der Waals surface area (Å²) in [5.74, 6) is 0. The standard InChI is InChI=1S/C34H36N4/c1-5-33(3)34(6-2,28-19-11-10-18-27(28)30-20-13-15-23-37(30)33)25-38-32(31-21-12-14-22-36(31)4)24-29(35-38)26-16-8-7-9-17-26/h7-24H,5-6,25H2,1-4H3/q+2. The molecule has 1 aliphatic heterocycles. The molecule has 2 aromatic carbocycles. The number of pyridine rings is 2. The third kappa shape index (κ3) is 3.54. The minimum atomic E-state index is -0.167. The molecule has 0 saturated heterocycles. The molecule has 0 fully saturated rings. The van der Waals surface area contributed by atoms with Gasteiger partial charge in [0.15, 0.2) is 17.9 Å². The summed E-state index contributed by atoms with van der Waals surface area (Å²) >= 11 is 0. The summed E-state index contributed by atoms with van der Waals surface area (Å²) in [5.41, 5.74) is 8.16. The van der Waals surface area contributed by atoms with Crippen molar-refractivity contribution in [2.75, 3.05) is 0 Å². The number of aromatic nitrogens is 4. The van der Waals surface area contributed by atoms with E-state index < -0.39 is 0 Å². The molecule has 4 nitrogen and oxygen atoms in total. The van der Waals surface area contributed by atoms with Gasteiger partial charge in [-0.05, 0) is 36.2 Å². The number of fused-ring (bicyclic) bond motifs is 3. The zero-order chi connectivity index (χ0) is 26.3. The van der Waals surface area contributed by atoms with Crippen molar-refractivity contribution in [3.63, 3.8) is 0 Å². The minimum absolute atomic E-state index is 0.137. The Balaban J connectivity index is 1.61. The van der Waals surface area contributed by atoms with Crippen LogP contribution >= 0.6 is 0 Å². The van der Waals surface area contributed by atoms with Crippen molar-refractivity contribution in [1.82, 2.24) is 9.78 Å². The number of hydrogen-bond donors (Lipinski definition) is 0. The molecule has 4 heteroatoms. The molecular formula is C34H36N4+2. The molecule has 4 heterocycles. The largest absolute Gasteiger partial charge is 0.257 e. The van der Waals surface area contributed by atoms with Gasteiger partial charge in [0.05, 0.1) is 23.2 Å². The Kier molecular flexibility index (Phi) is 5.98. The number of nitrogens with zero attached hydrogens (tertiary/aromatic N) is 4. The lowest BCUT2D eigenvalue weighted by Crippen LogP contribution is -2.69. The van der Waals surface area contributed by atoms with Gasteiger partial charge in [0.1, 0.15) is 12.7 Å². The van der Waals surface area contributed by atoms with Gasteiger partial charge in [-0.15, -0.1) is 0 Å². The maximum absolute atomic E-state index is 5.31. The van der Waals surface area contributed by atoms with Crippen LogP contribution in [0.3, 0.4) is 0 Å². The predicted molar refractivity (Wildman–Crippen MR) is 152 cm³/mol. The van der Waals surface area contributed by atoms with E-state index in [1.807, 2.05) is 0 Å². The number of rotatable bonds is 6. The molecule has 0 radical (unpaired) electrons. The molecular weight excluding hydrogens is 464 g/mol. The lowest BCUT2D eigenvalue weighted by molar-refractivity contribution is -0.766. The summed E-state index contributed by atoms with van der Waals surface area (Å²) in [5, 5.41) is 5.31. The van der Waals surface area contributed by atoms with Crippen molar-refractivity contribution < 1.29 is 9.13 Å². The zero-order valence-corrected chi connectivity index (χ0v) is 22.8. The SMILES string of the molecule is CCC1(Cn2nc(-c3ccccc3)cc2-c2cccc[n+]2C)c2ccccc2-c2cccc[n+]2C1(C)CC. The van der Waals surface area contributed by atoms with Crippen molar-refractivity contribution in [3.05, 3.63) is 115 Å². The van der Waals surface area contributed by atoms with Gasteiger partial charge < -0.3 is 0 Å². The van der Waals surface area contributed by atoms with Crippen molar-refractivity contribution in [1.29, 1.82) is 0 Å². The monoisotopic (exact) mass is 500 g/mol. The van der Waals surface area contributed by atoms with E-state index in [1.54, 1.807) is 0 Å². The summed E-state index contributed by atoms with van der Waals surface area (Å²) in [6, 6.07) is 34.8. The second kappa shape index (κ2) is 9.36. The van der Waals surface area contributed by atoms with E-state index in [9.17, 15) is 0 Å². The number of aryl methyl sites for hydroxylation is 1. The van der Waals surface area contributed by atoms with Crippen LogP contribution in [0.15, 0.2) is 109 Å². The molecule has 0 bridgehead atoms. The van der Waals surface area contributed by atoms with Gasteiger partial charge in [-0.25, -0.2) is 0 Å². The molecule has 190 valence electrons. The Morgan fingerprint density at radius 3 is 2.18 bits per heavy atom. The van der Waals surface area contributed by atoms with E-state index >= 15 is 0 Å². The maximum atomic E-state index is 5.31. The Hall–Kier alpha value is -4.05. The molecule has 5 aromatic rings. The van der Waals surface area contributed by atoms with Gasteiger partial charge in [-0.3, -0.25) is 4.68 Å². The van der Waals surface area contributed by atoms with Gasteiger partial charge in [0.25, 0.3) is 0 Å². The molecule has 0 saturated carbocycles. The highest BCUT2D eigenvalue weighted by Crippen LogP contribution is 2.51. The fourth-order valence-corrected chi connectivity index (χ4v) is 6.72. The number of hydrogen-bond acceptors (Lipinski definition) is 1. The van der Waals surface area contributed by atoms with E-state index in [4.69, 9.17) is 5.10 Å². The Labute approximate surface area is 225 Å². The van der Waals surface area contributed by atoms with Crippen LogP contribution in [0.5, 0.6) is 0 Å². The average Bonchev–Trinajstić information content (AvgIpc) is 3.39. The Morgan fingerprint density at radius 2 is 1.45 bits per heavy atom. The minimum Gasteiger partial charge on any atom is -0.257 e. The fourth-order valence-electron chi connectivity index (χ4n) is 6.72. The van der Waals surface area contributed by atoms with E-state index in [-0.39, 0.29) is 11.0 Å². The molecule has 0 aliphatic carbocycles. The molecule has 0 N–H and O–H groups in total. The van der Waals surface area contributed by atoms with Crippen molar-refractivity contribution in [2.24, 2.45) is 7.05 Å². The molecule has 2 unspecified atom stereocenters. The summed E-state index contributed by atoms with van der Waals surface area (Å²) < 4.78 is 7.00. The second-order valence-corrected chi connectivity index (χ2v) is 10.7. The first-order chi connectivity index (χ1) is 18.5. The number of benzene rings is 2. The van der Waals surface area contributed by atoms with Gasteiger partial charge in [-0.2, -0.15) is 14.2 Å². The first kappa shape index (κ1) is 24.3. The van der Waals surface area contributed by atoms with Crippen LogP contribution in [0.1, 0.15) is 39.2 Å². The Morgan fingerprint density at radius 1 is 0.763 bits per heavy atom. The molecule has 3 aromatic heterocycles. The van der Waals surface area contributed by atoms with Gasteiger partial charge >= 0.3 is 0 Å². The van der Waals surface area contributed by atoms with E-state index in [1.165, 1.54) is 16.8 Å². The normalized spacial score (nSPS) is 20.1. The highest BCUT2D eigenvalue weighted by molar-refractivity contribution is 5.67. The lowest BCUT2D eigenvalue weighted by Gasteiger charge is -2.48. The van der Waals surface area contributed by atoms with Gasteiger partial charge in [0, 0.05) is 43.2 Å². The summed E-state index contributed by atoms with van der Waals surface area (Å²) in [6.07, 6.45) is 6.40. The van der Waals surface area contributed by atoms with Gasteiger partial charge in [-0.1, -0.05) is 62.4 Å². The van der Waals surface area contributed by atoms with Crippen molar-refractivity contribution in [3.8, 4) is 33.9 Å². The van der Waals surface area contributed by atoms with Crippen LogP contribution in [-0.4, -0.2) is 9.78 Å². The van der Waals surface area contributed by atoms with E-state index in [2.05, 4.69) is 151 Å². The average molecular weight is 501 g/mol. The smallest absolute Gasteiger partial charge is 0.230 e. The van der Waals surface area contributed by atoms with Crippen LogP contribution in [0.2, 0.25) is 0 Å². The van der Waals surface area contributed by atoms with E-state index in [0.29, 0.717) is 0 Å². The summed E-state index contributed by atoms with van der Waals surface area (Å²) in [7, 11) is 2.11. The van der Waals surface area contributed by atoms with Gasteiger partial charge in [0.2, 0.25) is 11.4 Å². The Bertz CT molecular complexity index is 1600. The zero-order valence-electron chi connectivity index (χ0n) is 22.8. The third-order valence-electron chi connectivity index (χ3n) is 9.02. The molecule has 0 spiro atoms. The molecule has 6 rings (SSSR count). The van der Waals surface area contributed by atoms with E-state index in [0.717, 1.165) is 42.0 Å². The first-order valence-corrected chi connectivity index (χ1v) is 13.7. The summed E-state index contributed by atoms with van der Waals surface area (Å²) in [6.45, 7) is 7.91. The van der Waals surface area contributed by atoms with Crippen molar-refractivity contribution in [2.45, 2.75) is 51.1 Å². The van der Waals surface area contributed by atoms with Crippen LogP contribution in [0.25, 0.3) is 33.9 Å². The van der Waals surface area contributed by atoms with Crippen LogP contribution in [0, 0.1) is 0 Å². The predicted octanol–water partition coefficient (Wildman–Crippen LogP) is 6.48. The first-order valence-electron chi connectivity index (χ1n) is 13.7. The topological polar surface area (TPSA) is 25.6 Å². The van der Waals surface area contributed by atoms with Crippen LogP contribution in [0.4, 0.5) is 0 Å². The quantitative estimate of drug-likeness (QED) is 0.245. The fraction of sp³-hybridized carbons (Fsp3) is 0.265. The lowest BCUT2D eigenvalue weighted by atomic mass is 9.59. The third-order valence-corrected chi connectivity index (χ3v) is 9.02. The summed E-state index contributed by atoms with van der Waals surface area (Å²) in [4.78, 5) is 0. The molecule has 0 amide bonds. The van der Waals surface area contributed by atoms with Crippen LogP contribution < -0.4 is 9.13 Å². The highest BCUT2D eigenvalue weighted by atomic mass is 15.3. The molecule has 1 aliphatic rings. The highest BCUT2D eigenvalue weighted by Gasteiger charge is 2.59. The molecule has 2 atom stereocenters. The van der Waals surface area contributed by atoms with Crippen molar-refractivity contribution >= 4 is 0 Å². The second-order valence-electron chi connectivity index (χ2n) is 10.7.